The molecule has 0 saturated carbocycles. The van der Waals surface area contributed by atoms with Crippen LogP contribution in [-0.4, -0.2) is 27.2 Å². The number of ether oxygens (including phenoxy) is 1. The maximum atomic E-state index is 11.1. The summed E-state index contributed by atoms with van der Waals surface area (Å²) in [7, 11) is 0. The van der Waals surface area contributed by atoms with Gasteiger partial charge in [-0.2, -0.15) is 0 Å². The number of rotatable bonds is 11. The number of hydrogen-bond acceptors (Lipinski definition) is 3. The Morgan fingerprint density at radius 3 is 2.38 bits per heavy atom. The molecule has 0 aliphatic rings. The molecule has 0 atom stereocenters. The lowest BCUT2D eigenvalue weighted by atomic mass is 10.0. The number of carbonyl (C=O) groups is 1. The van der Waals surface area contributed by atoms with E-state index in [2.05, 4.69) is 70.3 Å². The van der Waals surface area contributed by atoms with E-state index in [-0.39, 0.29) is 6.42 Å². The zero-order chi connectivity index (χ0) is 25.5. The first kappa shape index (κ1) is 24.3. The molecule has 5 aromatic rings. The fourth-order valence-electron chi connectivity index (χ4n) is 4.62. The van der Waals surface area contributed by atoms with Crippen LogP contribution in [0.3, 0.4) is 0 Å². The molecule has 2 aromatic heterocycles. The lowest BCUT2D eigenvalue weighted by Gasteiger charge is -2.09. The van der Waals surface area contributed by atoms with Crippen molar-refractivity contribution in [3.8, 4) is 11.4 Å². The highest BCUT2D eigenvalue weighted by Crippen LogP contribution is 2.28. The highest BCUT2D eigenvalue weighted by atomic mass is 16.5. The van der Waals surface area contributed by atoms with Crippen LogP contribution < -0.4 is 4.74 Å². The van der Waals surface area contributed by atoms with E-state index < -0.39 is 5.97 Å². The Morgan fingerprint density at radius 1 is 0.811 bits per heavy atom. The third-order valence-corrected chi connectivity index (χ3v) is 6.60. The highest BCUT2D eigenvalue weighted by molar-refractivity contribution is 5.86. The van der Waals surface area contributed by atoms with Gasteiger partial charge in [0.2, 0.25) is 0 Å². The molecule has 1 N–H and O–H groups in total. The number of aliphatic carboxylic acids is 1. The van der Waals surface area contributed by atoms with Gasteiger partial charge in [-0.05, 0) is 84.0 Å². The summed E-state index contributed by atoms with van der Waals surface area (Å²) in [4.78, 5) is 15.3. The van der Waals surface area contributed by atoms with E-state index in [4.69, 9.17) is 9.84 Å². The Bertz CT molecular complexity index is 1460. The van der Waals surface area contributed by atoms with E-state index in [1.165, 1.54) is 16.5 Å². The van der Waals surface area contributed by atoms with Crippen molar-refractivity contribution in [1.82, 2.24) is 9.55 Å². The fourth-order valence-corrected chi connectivity index (χ4v) is 4.62. The lowest BCUT2D eigenvalue weighted by Crippen LogP contribution is -2.01. The molecule has 0 fully saturated rings. The number of benzene rings is 3. The molecule has 0 spiro atoms. The highest BCUT2D eigenvalue weighted by Gasteiger charge is 2.12. The average molecular weight is 491 g/mol. The van der Waals surface area contributed by atoms with Gasteiger partial charge in [-0.15, -0.1) is 0 Å². The number of aryl methyl sites for hydroxylation is 3. The van der Waals surface area contributed by atoms with Gasteiger partial charge in [0.25, 0.3) is 0 Å². The topological polar surface area (TPSA) is 64.3 Å². The molecular weight excluding hydrogens is 460 g/mol. The largest absolute Gasteiger partial charge is 0.493 e. The van der Waals surface area contributed by atoms with E-state index in [0.717, 1.165) is 47.3 Å². The Labute approximate surface area is 217 Å². The molecule has 0 unspecified atom stereocenters. The Hall–Kier alpha value is -4.38. The molecule has 0 bridgehead atoms. The predicted octanol–water partition coefficient (Wildman–Crippen LogP) is 6.45. The Balaban J connectivity index is 1.37. The van der Waals surface area contributed by atoms with Crippen molar-refractivity contribution in [1.29, 1.82) is 0 Å². The van der Waals surface area contributed by atoms with Gasteiger partial charge in [-0.3, -0.25) is 9.78 Å². The maximum Gasteiger partial charge on any atom is 0.303 e. The molecule has 0 saturated heterocycles. The van der Waals surface area contributed by atoms with E-state index in [1.54, 1.807) is 6.20 Å². The third-order valence-electron chi connectivity index (χ3n) is 6.60. The first-order valence-corrected chi connectivity index (χ1v) is 12.7. The Kier molecular flexibility index (Phi) is 7.60. The van der Waals surface area contributed by atoms with Crippen LogP contribution in [0.5, 0.6) is 5.75 Å². The second kappa shape index (κ2) is 11.6. The van der Waals surface area contributed by atoms with E-state index in [1.807, 2.05) is 36.5 Å². The number of aromatic nitrogens is 2. The molecule has 0 aliphatic heterocycles. The van der Waals surface area contributed by atoms with E-state index >= 15 is 0 Å². The minimum absolute atomic E-state index is 0.133. The second-order valence-corrected chi connectivity index (χ2v) is 9.21. The van der Waals surface area contributed by atoms with Gasteiger partial charge < -0.3 is 14.4 Å². The molecule has 5 rings (SSSR count). The van der Waals surface area contributed by atoms with Gasteiger partial charge in [0, 0.05) is 42.5 Å². The summed E-state index contributed by atoms with van der Waals surface area (Å²) >= 11 is 0. The van der Waals surface area contributed by atoms with Gasteiger partial charge in [-0.1, -0.05) is 42.5 Å². The van der Waals surface area contributed by atoms with Gasteiger partial charge in [0.05, 0.1) is 12.1 Å². The van der Waals surface area contributed by atoms with Gasteiger partial charge in [-0.25, -0.2) is 0 Å². The molecule has 186 valence electrons. The fraction of sp³-hybridized carbons (Fsp3) is 0.188. The zero-order valence-electron chi connectivity index (χ0n) is 20.7. The van der Waals surface area contributed by atoms with Crippen LogP contribution >= 0.6 is 0 Å². The molecular formula is C32H30N2O3. The summed E-state index contributed by atoms with van der Waals surface area (Å²) < 4.78 is 8.18. The van der Waals surface area contributed by atoms with Crippen LogP contribution in [0.1, 0.15) is 28.7 Å². The molecule has 5 heteroatoms. The SMILES string of the molecule is O=C(O)CCc1ccc2c(c1)c(CCc1ccccc1)cn2-c1ccc(OCCc2cccnc2)cc1. The number of nitrogens with zero attached hydrogens (tertiary/aromatic N) is 2. The first-order chi connectivity index (χ1) is 18.2. The molecule has 0 radical (unpaired) electrons. The van der Waals surface area contributed by atoms with Crippen LogP contribution in [-0.2, 0) is 30.5 Å². The second-order valence-electron chi connectivity index (χ2n) is 9.21. The van der Waals surface area contributed by atoms with Crippen LogP contribution in [0.15, 0.2) is 104 Å². The number of pyridine rings is 1. The molecule has 0 amide bonds. The van der Waals surface area contributed by atoms with E-state index in [0.29, 0.717) is 13.0 Å². The number of hydrogen-bond donors (Lipinski definition) is 1. The molecule has 5 nitrogen and oxygen atoms in total. The molecule has 2 heterocycles. The lowest BCUT2D eigenvalue weighted by molar-refractivity contribution is -0.136. The molecule has 0 aliphatic carbocycles. The minimum Gasteiger partial charge on any atom is -0.493 e. The standard InChI is InChI=1S/C32H30N2O3/c35-32(36)17-10-25-9-16-31-30(21-25)27(11-8-24-5-2-1-3-6-24)23-34(31)28-12-14-29(15-13-28)37-20-18-26-7-4-19-33-22-26/h1-7,9,12-16,19,21-23H,8,10-11,17-18,20H2,(H,35,36). The number of fused-ring (bicyclic) bond motifs is 1. The number of carboxylic acids is 1. The maximum absolute atomic E-state index is 11.1. The predicted molar refractivity (Wildman–Crippen MR) is 147 cm³/mol. The van der Waals surface area contributed by atoms with Crippen molar-refractivity contribution in [2.75, 3.05) is 6.61 Å². The Morgan fingerprint density at radius 2 is 1.62 bits per heavy atom. The monoisotopic (exact) mass is 490 g/mol. The summed E-state index contributed by atoms with van der Waals surface area (Å²) in [6, 6.07) is 29.0. The van der Waals surface area contributed by atoms with Crippen molar-refractivity contribution in [3.63, 3.8) is 0 Å². The summed E-state index contributed by atoms with van der Waals surface area (Å²) in [5.74, 6) is 0.0640. The quantitative estimate of drug-likeness (QED) is 0.231. The summed E-state index contributed by atoms with van der Waals surface area (Å²) in [6.07, 6.45) is 9.19. The van der Waals surface area contributed by atoms with Gasteiger partial charge >= 0.3 is 5.97 Å². The zero-order valence-corrected chi connectivity index (χ0v) is 20.7. The van der Waals surface area contributed by atoms with Gasteiger partial charge in [0.15, 0.2) is 0 Å². The van der Waals surface area contributed by atoms with Crippen molar-refractivity contribution < 1.29 is 14.6 Å². The summed E-state index contributed by atoms with van der Waals surface area (Å²) in [5.41, 5.74) is 6.95. The number of carboxylic acid groups (broad SMARTS) is 1. The van der Waals surface area contributed by atoms with Crippen molar-refractivity contribution in [2.45, 2.75) is 32.1 Å². The van der Waals surface area contributed by atoms with Crippen molar-refractivity contribution in [2.24, 2.45) is 0 Å². The normalized spacial score (nSPS) is 11.0. The van der Waals surface area contributed by atoms with Crippen LogP contribution in [0.4, 0.5) is 0 Å². The third kappa shape index (κ3) is 6.25. The van der Waals surface area contributed by atoms with Crippen LogP contribution in [0, 0.1) is 0 Å². The van der Waals surface area contributed by atoms with Crippen molar-refractivity contribution >= 4 is 16.9 Å². The van der Waals surface area contributed by atoms with Gasteiger partial charge in [0.1, 0.15) is 5.75 Å². The van der Waals surface area contributed by atoms with Crippen LogP contribution in [0.25, 0.3) is 16.6 Å². The molecule has 37 heavy (non-hydrogen) atoms. The van der Waals surface area contributed by atoms with Crippen LogP contribution in [0.2, 0.25) is 0 Å². The van der Waals surface area contributed by atoms with E-state index in [9.17, 15) is 4.79 Å². The summed E-state index contributed by atoms with van der Waals surface area (Å²) in [5, 5.41) is 10.3. The van der Waals surface area contributed by atoms with Crippen molar-refractivity contribution in [3.05, 3.63) is 126 Å². The molecule has 3 aromatic carbocycles. The smallest absolute Gasteiger partial charge is 0.303 e. The minimum atomic E-state index is -0.773. The average Bonchev–Trinajstić information content (AvgIpc) is 3.30. The summed E-state index contributed by atoms with van der Waals surface area (Å²) in [6.45, 7) is 0.597. The first-order valence-electron chi connectivity index (χ1n) is 12.7.